The van der Waals surface area contributed by atoms with Gasteiger partial charge in [-0.05, 0) is 29.8 Å². The lowest BCUT2D eigenvalue weighted by Crippen LogP contribution is -2.20. The van der Waals surface area contributed by atoms with Crippen molar-refractivity contribution >= 4 is 39.8 Å². The van der Waals surface area contributed by atoms with Crippen LogP contribution in [-0.2, 0) is 4.79 Å². The van der Waals surface area contributed by atoms with Gasteiger partial charge in [-0.1, -0.05) is 88.4 Å². The van der Waals surface area contributed by atoms with Gasteiger partial charge in [-0.15, -0.1) is 10.2 Å². The molecule has 0 bridgehead atoms. The maximum absolute atomic E-state index is 12.3. The fraction of sp³-hybridized carbons (Fsp3) is 0.0435. The highest BCUT2D eigenvalue weighted by molar-refractivity contribution is 9.10. The molecule has 0 fully saturated rings. The largest absolute Gasteiger partial charge is 0.272 e. The Morgan fingerprint density at radius 2 is 1.74 bits per heavy atom. The molecule has 0 saturated heterocycles. The van der Waals surface area contributed by atoms with E-state index in [0.29, 0.717) is 11.0 Å². The van der Waals surface area contributed by atoms with Gasteiger partial charge in [-0.2, -0.15) is 5.10 Å². The molecule has 1 aromatic heterocycles. The van der Waals surface area contributed by atoms with Gasteiger partial charge in [0, 0.05) is 15.7 Å². The van der Waals surface area contributed by atoms with E-state index < -0.39 is 0 Å². The average molecular weight is 492 g/mol. The predicted octanol–water partition coefficient (Wildman–Crippen LogP) is 4.94. The molecule has 4 aromatic rings. The van der Waals surface area contributed by atoms with Gasteiger partial charge in [0.1, 0.15) is 0 Å². The number of benzene rings is 3. The second kappa shape index (κ2) is 10.2. The molecule has 0 radical (unpaired) electrons. The SMILES string of the molecule is O=C(CSc1nnc(-c2cccc(Br)c2)n1-c1ccccc1)NN=Cc1ccccc1. The fourth-order valence-corrected chi connectivity index (χ4v) is 4.01. The Balaban J connectivity index is 1.52. The van der Waals surface area contributed by atoms with Gasteiger partial charge >= 0.3 is 0 Å². The topological polar surface area (TPSA) is 72.2 Å². The van der Waals surface area contributed by atoms with Crippen LogP contribution in [0.5, 0.6) is 0 Å². The van der Waals surface area contributed by atoms with Crippen molar-refractivity contribution in [2.24, 2.45) is 5.10 Å². The molecule has 0 atom stereocenters. The van der Waals surface area contributed by atoms with Crippen molar-refractivity contribution in [3.8, 4) is 17.1 Å². The van der Waals surface area contributed by atoms with E-state index in [-0.39, 0.29) is 11.7 Å². The van der Waals surface area contributed by atoms with Crippen LogP contribution in [0.15, 0.2) is 99.7 Å². The highest BCUT2D eigenvalue weighted by Crippen LogP contribution is 2.29. The van der Waals surface area contributed by atoms with Gasteiger partial charge in [-0.3, -0.25) is 9.36 Å². The molecule has 0 aliphatic heterocycles. The van der Waals surface area contributed by atoms with E-state index in [4.69, 9.17) is 0 Å². The van der Waals surface area contributed by atoms with Gasteiger partial charge in [0.15, 0.2) is 11.0 Å². The molecular formula is C23H18BrN5OS. The number of thioether (sulfide) groups is 1. The van der Waals surface area contributed by atoms with Gasteiger partial charge in [0.05, 0.1) is 12.0 Å². The van der Waals surface area contributed by atoms with Gasteiger partial charge in [0.2, 0.25) is 0 Å². The third kappa shape index (κ3) is 5.48. The maximum Gasteiger partial charge on any atom is 0.250 e. The van der Waals surface area contributed by atoms with Crippen molar-refractivity contribution in [1.29, 1.82) is 0 Å². The molecule has 1 heterocycles. The molecule has 0 aliphatic rings. The highest BCUT2D eigenvalue weighted by atomic mass is 79.9. The Morgan fingerprint density at radius 1 is 1.00 bits per heavy atom. The Morgan fingerprint density at radius 3 is 2.48 bits per heavy atom. The minimum absolute atomic E-state index is 0.162. The van der Waals surface area contributed by atoms with E-state index in [1.54, 1.807) is 6.21 Å². The first-order chi connectivity index (χ1) is 15.2. The van der Waals surface area contributed by atoms with E-state index in [9.17, 15) is 4.79 Å². The van der Waals surface area contributed by atoms with Crippen LogP contribution in [0.3, 0.4) is 0 Å². The second-order valence-electron chi connectivity index (χ2n) is 6.48. The molecule has 6 nitrogen and oxygen atoms in total. The zero-order chi connectivity index (χ0) is 21.5. The van der Waals surface area contributed by atoms with E-state index in [1.165, 1.54) is 11.8 Å². The Bertz CT molecular complexity index is 1200. The van der Waals surface area contributed by atoms with Crippen LogP contribution in [0, 0.1) is 0 Å². The molecule has 0 unspecified atom stereocenters. The van der Waals surface area contributed by atoms with Crippen molar-refractivity contribution in [2.45, 2.75) is 5.16 Å². The lowest BCUT2D eigenvalue weighted by atomic mass is 10.2. The molecule has 3 aromatic carbocycles. The van der Waals surface area contributed by atoms with Crippen LogP contribution in [0.1, 0.15) is 5.56 Å². The summed E-state index contributed by atoms with van der Waals surface area (Å²) in [6, 6.07) is 27.3. The molecule has 1 amide bonds. The van der Waals surface area contributed by atoms with E-state index in [1.807, 2.05) is 89.5 Å². The first kappa shape index (κ1) is 21.0. The monoisotopic (exact) mass is 491 g/mol. The fourth-order valence-electron chi connectivity index (χ4n) is 2.87. The number of para-hydroxylation sites is 1. The van der Waals surface area contributed by atoms with Gasteiger partial charge in [-0.25, -0.2) is 5.43 Å². The first-order valence-electron chi connectivity index (χ1n) is 9.47. The summed E-state index contributed by atoms with van der Waals surface area (Å²) in [7, 11) is 0. The lowest BCUT2D eigenvalue weighted by Gasteiger charge is -2.10. The molecule has 1 N–H and O–H groups in total. The van der Waals surface area contributed by atoms with Crippen LogP contribution in [0.2, 0.25) is 0 Å². The van der Waals surface area contributed by atoms with Crippen molar-refractivity contribution in [1.82, 2.24) is 20.2 Å². The predicted molar refractivity (Wildman–Crippen MR) is 127 cm³/mol. The van der Waals surface area contributed by atoms with Crippen molar-refractivity contribution in [2.75, 3.05) is 5.75 Å². The molecule has 4 rings (SSSR count). The summed E-state index contributed by atoms with van der Waals surface area (Å²) in [5.74, 6) is 0.650. The summed E-state index contributed by atoms with van der Waals surface area (Å²) in [6.07, 6.45) is 1.61. The lowest BCUT2D eigenvalue weighted by molar-refractivity contribution is -0.118. The number of hydrogen-bond acceptors (Lipinski definition) is 5. The second-order valence-corrected chi connectivity index (χ2v) is 8.34. The third-order valence-corrected chi connectivity index (χ3v) is 5.69. The number of aromatic nitrogens is 3. The van der Waals surface area contributed by atoms with Crippen LogP contribution < -0.4 is 5.43 Å². The summed E-state index contributed by atoms with van der Waals surface area (Å²) >= 11 is 4.82. The number of halogens is 1. The minimum Gasteiger partial charge on any atom is -0.272 e. The summed E-state index contributed by atoms with van der Waals surface area (Å²) in [5, 5.41) is 13.4. The molecule has 8 heteroatoms. The summed E-state index contributed by atoms with van der Waals surface area (Å²) < 4.78 is 2.91. The van der Waals surface area contributed by atoms with E-state index in [0.717, 1.165) is 21.3 Å². The number of nitrogens with one attached hydrogen (secondary N) is 1. The smallest absolute Gasteiger partial charge is 0.250 e. The number of nitrogens with zero attached hydrogens (tertiary/aromatic N) is 4. The van der Waals surface area contributed by atoms with Crippen molar-refractivity contribution < 1.29 is 4.79 Å². The van der Waals surface area contributed by atoms with Crippen LogP contribution in [0.25, 0.3) is 17.1 Å². The average Bonchev–Trinajstić information content (AvgIpc) is 3.23. The number of rotatable bonds is 7. The Labute approximate surface area is 192 Å². The van der Waals surface area contributed by atoms with Gasteiger partial charge in [0.25, 0.3) is 5.91 Å². The molecule has 154 valence electrons. The molecule has 0 aliphatic carbocycles. The van der Waals surface area contributed by atoms with Crippen LogP contribution >= 0.6 is 27.7 Å². The highest BCUT2D eigenvalue weighted by Gasteiger charge is 2.17. The number of carbonyl (C=O) groups is 1. The Kier molecular flexibility index (Phi) is 6.91. The zero-order valence-corrected chi connectivity index (χ0v) is 18.8. The quantitative estimate of drug-likeness (QED) is 0.225. The summed E-state index contributed by atoms with van der Waals surface area (Å²) in [4.78, 5) is 12.3. The van der Waals surface area contributed by atoms with E-state index in [2.05, 4.69) is 36.7 Å². The van der Waals surface area contributed by atoms with Crippen molar-refractivity contribution in [3.63, 3.8) is 0 Å². The number of amides is 1. The molecule has 0 saturated carbocycles. The summed E-state index contributed by atoms with van der Waals surface area (Å²) in [5.41, 5.74) is 5.32. The molecule has 31 heavy (non-hydrogen) atoms. The van der Waals surface area contributed by atoms with E-state index >= 15 is 0 Å². The number of hydrazone groups is 1. The standard InChI is InChI=1S/C23H18BrN5OS/c24-19-11-7-10-18(14-19)22-27-28-23(29(22)20-12-5-2-6-13-20)31-16-21(30)26-25-15-17-8-3-1-4-9-17/h1-15H,16H2,(H,26,30). The molecule has 0 spiro atoms. The zero-order valence-electron chi connectivity index (χ0n) is 16.4. The maximum atomic E-state index is 12.3. The minimum atomic E-state index is -0.219. The first-order valence-corrected chi connectivity index (χ1v) is 11.2. The van der Waals surface area contributed by atoms with Gasteiger partial charge < -0.3 is 0 Å². The van der Waals surface area contributed by atoms with Crippen LogP contribution in [-0.4, -0.2) is 32.6 Å². The number of carbonyl (C=O) groups excluding carboxylic acids is 1. The summed E-state index contributed by atoms with van der Waals surface area (Å²) in [6.45, 7) is 0. The Hall–Kier alpha value is -3.23. The molecular weight excluding hydrogens is 474 g/mol. The van der Waals surface area contributed by atoms with Crippen molar-refractivity contribution in [3.05, 3.63) is 95.0 Å². The van der Waals surface area contributed by atoms with Crippen LogP contribution in [0.4, 0.5) is 0 Å². The third-order valence-electron chi connectivity index (χ3n) is 4.27. The number of hydrogen-bond donors (Lipinski definition) is 1. The normalized spacial score (nSPS) is 11.0.